The van der Waals surface area contributed by atoms with Crippen molar-refractivity contribution < 1.29 is 13.7 Å². The quantitative estimate of drug-likeness (QED) is 0.515. The van der Waals surface area contributed by atoms with Crippen molar-refractivity contribution in [3.05, 3.63) is 50.9 Å². The summed E-state index contributed by atoms with van der Waals surface area (Å²) in [5.74, 6) is 0.660. The van der Waals surface area contributed by atoms with E-state index < -0.39 is 0 Å². The highest BCUT2D eigenvalue weighted by atomic mass is 19.1. The Morgan fingerprint density at radius 3 is 2.69 bits per heavy atom. The van der Waals surface area contributed by atoms with Crippen molar-refractivity contribution in [1.29, 1.82) is 0 Å². The van der Waals surface area contributed by atoms with Gasteiger partial charge < -0.3 is 4.74 Å². The molecule has 1 aliphatic rings. The summed E-state index contributed by atoms with van der Waals surface area (Å²) < 4.78 is 23.3. The summed E-state index contributed by atoms with van der Waals surface area (Å²) in [6, 6.07) is 6.25. The van der Waals surface area contributed by atoms with Gasteiger partial charge in [-0.2, -0.15) is 0 Å². The van der Waals surface area contributed by atoms with Crippen LogP contribution in [0.2, 0.25) is 0 Å². The Labute approximate surface area is 166 Å². The van der Waals surface area contributed by atoms with Gasteiger partial charge in [0.2, 0.25) is 11.2 Å². The second-order valence-electron chi connectivity index (χ2n) is 7.44. The number of nitrogens with one attached hydrogen (secondary N) is 1. The molecule has 0 radical (unpaired) electrons. The van der Waals surface area contributed by atoms with Crippen molar-refractivity contribution in [2.75, 3.05) is 24.7 Å². The number of H-pyrrole nitrogens is 1. The number of halogens is 1. The summed E-state index contributed by atoms with van der Waals surface area (Å²) in [5.41, 5.74) is 1.03. The van der Waals surface area contributed by atoms with Crippen molar-refractivity contribution >= 4 is 22.8 Å². The first-order valence-electron chi connectivity index (χ1n) is 9.78. The minimum absolute atomic E-state index is 0.201. The molecular formula is C20H25FN5O3+. The summed E-state index contributed by atoms with van der Waals surface area (Å²) in [6.07, 6.45) is 0. The number of fused-ring (bicyclic) bond motifs is 3. The highest BCUT2D eigenvalue weighted by Crippen LogP contribution is 2.27. The Bertz CT molecular complexity index is 1160. The molecule has 1 aromatic carbocycles. The van der Waals surface area contributed by atoms with Gasteiger partial charge in [-0.05, 0) is 31.2 Å². The molecule has 154 valence electrons. The molecule has 3 aromatic rings. The van der Waals surface area contributed by atoms with E-state index in [2.05, 4.69) is 11.9 Å². The van der Waals surface area contributed by atoms with Crippen LogP contribution in [0.15, 0.2) is 33.9 Å². The maximum absolute atomic E-state index is 13.4. The minimum atomic E-state index is -0.386. The fourth-order valence-electron chi connectivity index (χ4n) is 3.92. The lowest BCUT2D eigenvalue weighted by Crippen LogP contribution is -2.52. The highest BCUT2D eigenvalue weighted by Gasteiger charge is 2.35. The molecule has 8 nitrogen and oxygen atoms in total. The van der Waals surface area contributed by atoms with E-state index in [1.807, 2.05) is 16.4 Å². The third-order valence-electron chi connectivity index (χ3n) is 5.33. The second-order valence-corrected chi connectivity index (χ2v) is 7.44. The number of aromatic nitrogens is 4. The first-order valence-corrected chi connectivity index (χ1v) is 9.78. The van der Waals surface area contributed by atoms with Crippen molar-refractivity contribution in [2.45, 2.75) is 26.9 Å². The smallest absolute Gasteiger partial charge is 0.364 e. The number of hydrogen-bond donors (Lipinski definition) is 1. The summed E-state index contributed by atoms with van der Waals surface area (Å²) in [7, 11) is 1.65. The summed E-state index contributed by atoms with van der Waals surface area (Å²) in [5, 5.41) is 0. The van der Waals surface area contributed by atoms with Crippen LogP contribution in [0.25, 0.3) is 11.2 Å². The number of imidazole rings is 1. The molecule has 0 fully saturated rings. The molecule has 0 bridgehead atoms. The molecule has 0 amide bonds. The van der Waals surface area contributed by atoms with E-state index >= 15 is 0 Å². The van der Waals surface area contributed by atoms with Crippen LogP contribution in [0, 0.1) is 11.7 Å². The Hall–Kier alpha value is -2.94. The molecule has 0 aliphatic carbocycles. The lowest BCUT2D eigenvalue weighted by Gasteiger charge is -2.26. The second kappa shape index (κ2) is 7.47. The topological polar surface area (TPSA) is 76.1 Å². The van der Waals surface area contributed by atoms with Gasteiger partial charge in [0.1, 0.15) is 11.5 Å². The van der Waals surface area contributed by atoms with Crippen molar-refractivity contribution in [3.8, 4) is 0 Å². The number of aromatic amines is 1. The van der Waals surface area contributed by atoms with Crippen molar-refractivity contribution in [3.63, 3.8) is 0 Å². The van der Waals surface area contributed by atoms with Gasteiger partial charge in [0.25, 0.3) is 5.56 Å². The molecule has 29 heavy (non-hydrogen) atoms. The molecule has 3 heterocycles. The minimum Gasteiger partial charge on any atom is -0.380 e. The van der Waals surface area contributed by atoms with E-state index in [9.17, 15) is 14.0 Å². The summed E-state index contributed by atoms with van der Waals surface area (Å²) in [6.45, 7) is 6.35. The largest absolute Gasteiger partial charge is 0.380 e. The molecule has 0 saturated carbocycles. The molecule has 2 aromatic heterocycles. The van der Waals surface area contributed by atoms with Crippen molar-refractivity contribution in [2.24, 2.45) is 13.0 Å². The number of benzene rings is 1. The maximum atomic E-state index is 13.4. The molecule has 0 saturated heterocycles. The van der Waals surface area contributed by atoms with E-state index in [1.54, 1.807) is 19.2 Å². The molecule has 9 heteroatoms. The number of nitrogens with zero attached hydrogens (tertiary/aromatic N) is 4. The summed E-state index contributed by atoms with van der Waals surface area (Å²) in [4.78, 5) is 31.2. The van der Waals surface area contributed by atoms with Crippen LogP contribution in [0.3, 0.4) is 0 Å². The van der Waals surface area contributed by atoms with E-state index in [0.29, 0.717) is 43.4 Å². The zero-order valence-electron chi connectivity index (χ0n) is 16.8. The Kier molecular flexibility index (Phi) is 4.99. The Balaban J connectivity index is 1.91. The molecular weight excluding hydrogens is 377 g/mol. The van der Waals surface area contributed by atoms with Gasteiger partial charge in [-0.3, -0.25) is 13.9 Å². The normalized spacial score (nSPS) is 16.4. The SMILES string of the molecule is CCOCCn1c(=O)c2c([nH]c3[n+]2C[C@@H](C)CN3c2ccc(F)cc2)n(C)c1=O. The number of aryl methyl sites for hydroxylation is 1. The zero-order valence-corrected chi connectivity index (χ0v) is 16.8. The molecule has 1 N–H and O–H groups in total. The van der Waals surface area contributed by atoms with Crippen LogP contribution in [0.5, 0.6) is 0 Å². The van der Waals surface area contributed by atoms with Gasteiger partial charge in [0.15, 0.2) is 0 Å². The maximum Gasteiger partial charge on any atom is 0.364 e. The zero-order chi connectivity index (χ0) is 20.7. The van der Waals surface area contributed by atoms with Crippen LogP contribution in [-0.2, 0) is 24.9 Å². The van der Waals surface area contributed by atoms with E-state index in [0.717, 1.165) is 5.69 Å². The number of rotatable bonds is 5. The predicted molar refractivity (Wildman–Crippen MR) is 107 cm³/mol. The lowest BCUT2D eigenvalue weighted by molar-refractivity contribution is -0.669. The number of ether oxygens (including phenoxy) is 1. The standard InChI is InChI=1S/C20H24FN5O3/c1-4-29-10-9-24-18(27)16-17(23(3)20(24)28)22-19-25(11-13(2)12-26(16)19)15-7-5-14(21)6-8-15/h5-8,13H,4,9-12H2,1-3H3/p+1/t13-/m0/s1. The monoisotopic (exact) mass is 402 g/mol. The van der Waals surface area contributed by atoms with Gasteiger partial charge in [-0.25, -0.2) is 23.6 Å². The van der Waals surface area contributed by atoms with Gasteiger partial charge in [0.05, 0.1) is 26.2 Å². The fraction of sp³-hybridized carbons (Fsp3) is 0.450. The van der Waals surface area contributed by atoms with E-state index in [4.69, 9.17) is 4.74 Å². The Morgan fingerprint density at radius 1 is 1.28 bits per heavy atom. The molecule has 4 rings (SSSR count). The highest BCUT2D eigenvalue weighted by molar-refractivity contribution is 5.70. The lowest BCUT2D eigenvalue weighted by atomic mass is 10.1. The third kappa shape index (κ3) is 3.25. The molecule has 0 unspecified atom stereocenters. The third-order valence-corrected chi connectivity index (χ3v) is 5.33. The van der Waals surface area contributed by atoms with E-state index in [-0.39, 0.29) is 29.5 Å². The van der Waals surface area contributed by atoms with Gasteiger partial charge in [-0.15, -0.1) is 0 Å². The van der Waals surface area contributed by atoms with E-state index in [1.165, 1.54) is 21.3 Å². The van der Waals surface area contributed by atoms with Crippen LogP contribution < -0.4 is 20.7 Å². The predicted octanol–water partition coefficient (Wildman–Crippen LogP) is 1.28. The van der Waals surface area contributed by atoms with Crippen LogP contribution in [-0.4, -0.2) is 33.9 Å². The average molecular weight is 402 g/mol. The van der Waals surface area contributed by atoms with Gasteiger partial charge in [0, 0.05) is 19.6 Å². The first kappa shape index (κ1) is 19.4. The van der Waals surface area contributed by atoms with Crippen molar-refractivity contribution in [1.82, 2.24) is 14.1 Å². The van der Waals surface area contributed by atoms with Crippen LogP contribution in [0.4, 0.5) is 16.0 Å². The molecule has 1 aliphatic heterocycles. The number of hydrogen-bond acceptors (Lipinski definition) is 4. The summed E-state index contributed by atoms with van der Waals surface area (Å²) >= 11 is 0. The van der Waals surface area contributed by atoms with Crippen LogP contribution >= 0.6 is 0 Å². The first-order chi connectivity index (χ1) is 13.9. The number of anilines is 2. The van der Waals surface area contributed by atoms with Gasteiger partial charge in [-0.1, -0.05) is 6.92 Å². The average Bonchev–Trinajstić information content (AvgIpc) is 3.08. The molecule has 1 atom stereocenters. The van der Waals surface area contributed by atoms with Crippen LogP contribution in [0.1, 0.15) is 13.8 Å². The van der Waals surface area contributed by atoms with Gasteiger partial charge >= 0.3 is 11.6 Å². The Morgan fingerprint density at radius 2 is 2.00 bits per heavy atom. The molecule has 0 spiro atoms. The fourth-order valence-corrected chi connectivity index (χ4v) is 3.92.